The number of nitrogens with zero attached hydrogens (tertiary/aromatic N) is 3. The average molecular weight is 462 g/mol. The molecule has 2 aliphatic heterocycles. The second-order valence-corrected chi connectivity index (χ2v) is 9.07. The van der Waals surface area contributed by atoms with E-state index in [9.17, 15) is 19.5 Å². The van der Waals surface area contributed by atoms with Gasteiger partial charge in [0, 0.05) is 24.2 Å². The number of Topliss-reactive ketones (excluding diaryl/α,β-unsaturated/α-hetero) is 1. The van der Waals surface area contributed by atoms with Crippen molar-refractivity contribution in [2.45, 2.75) is 31.7 Å². The fraction of sp³-hybridized carbons (Fsp3) is 0.370. The number of aliphatic hydroxyl groups is 1. The third-order valence-electron chi connectivity index (χ3n) is 6.58. The Kier molecular flexibility index (Phi) is 6.57. The van der Waals surface area contributed by atoms with Crippen LogP contribution in [-0.2, 0) is 19.9 Å². The highest BCUT2D eigenvalue weighted by atomic mass is 16.3. The first kappa shape index (κ1) is 23.7. The Morgan fingerprint density at radius 3 is 2.29 bits per heavy atom. The number of fused-ring (bicyclic) bond motifs is 2. The van der Waals surface area contributed by atoms with Crippen LogP contribution >= 0.6 is 0 Å². The normalized spacial score (nSPS) is 21.2. The van der Waals surface area contributed by atoms with Gasteiger partial charge < -0.3 is 19.8 Å². The molecule has 2 aromatic carbocycles. The Hall–Kier alpha value is -3.45. The van der Waals surface area contributed by atoms with E-state index in [4.69, 9.17) is 0 Å². The molecule has 0 unspecified atom stereocenters. The van der Waals surface area contributed by atoms with E-state index < -0.39 is 17.2 Å². The first-order valence-electron chi connectivity index (χ1n) is 11.8. The van der Waals surface area contributed by atoms with Crippen molar-refractivity contribution in [2.75, 3.05) is 38.6 Å². The maximum atomic E-state index is 14.3. The summed E-state index contributed by atoms with van der Waals surface area (Å²) < 4.78 is 0. The lowest BCUT2D eigenvalue weighted by Gasteiger charge is -2.34. The monoisotopic (exact) mass is 461 g/mol. The van der Waals surface area contributed by atoms with Gasteiger partial charge in [0.25, 0.3) is 17.6 Å². The van der Waals surface area contributed by atoms with Crippen LogP contribution in [-0.4, -0.2) is 66.2 Å². The molecule has 1 N–H and O–H groups in total. The molecule has 1 saturated heterocycles. The van der Waals surface area contributed by atoms with Crippen LogP contribution in [0.2, 0.25) is 0 Å². The minimum absolute atomic E-state index is 0.148. The zero-order valence-corrected chi connectivity index (χ0v) is 20.0. The maximum Gasteiger partial charge on any atom is 0.296 e. The highest BCUT2D eigenvalue weighted by molar-refractivity contribution is 6.50. The molecular formula is C27H31N3O4. The lowest BCUT2D eigenvalue weighted by molar-refractivity contribution is -0.143. The first-order valence-corrected chi connectivity index (χ1v) is 11.8. The number of aliphatic hydroxyl groups excluding tert-OH is 1. The van der Waals surface area contributed by atoms with Crippen LogP contribution in [0.4, 0.5) is 5.69 Å². The predicted molar refractivity (Wildman–Crippen MR) is 131 cm³/mol. The summed E-state index contributed by atoms with van der Waals surface area (Å²) in [5.74, 6) is -2.26. The fourth-order valence-corrected chi connectivity index (χ4v) is 4.99. The van der Waals surface area contributed by atoms with Gasteiger partial charge in [0.1, 0.15) is 5.76 Å². The number of carbonyl (C=O) groups excluding carboxylic acids is 3. The smallest absolute Gasteiger partial charge is 0.296 e. The number of ketones is 1. The molecule has 2 heterocycles. The summed E-state index contributed by atoms with van der Waals surface area (Å²) in [6.07, 6.45) is 2.25. The summed E-state index contributed by atoms with van der Waals surface area (Å²) >= 11 is 0. The highest BCUT2D eigenvalue weighted by Gasteiger charge is 2.66. The molecule has 0 radical (unpaired) electrons. The molecule has 0 aromatic heterocycles. The Balaban J connectivity index is 1.97. The summed E-state index contributed by atoms with van der Waals surface area (Å²) in [6, 6.07) is 15.9. The van der Waals surface area contributed by atoms with E-state index in [1.54, 1.807) is 47.4 Å². The average Bonchev–Trinajstić information content (AvgIpc) is 3.21. The number of amides is 2. The molecule has 2 aromatic rings. The van der Waals surface area contributed by atoms with Crippen molar-refractivity contribution < 1.29 is 19.5 Å². The molecule has 4 rings (SSSR count). The van der Waals surface area contributed by atoms with Gasteiger partial charge in [-0.2, -0.15) is 0 Å². The van der Waals surface area contributed by atoms with Crippen molar-refractivity contribution in [3.8, 4) is 0 Å². The van der Waals surface area contributed by atoms with E-state index in [0.717, 1.165) is 12.8 Å². The number of benzene rings is 2. The molecule has 34 heavy (non-hydrogen) atoms. The second kappa shape index (κ2) is 9.43. The number of rotatable bonds is 8. The van der Waals surface area contributed by atoms with Gasteiger partial charge in [0.05, 0.1) is 11.3 Å². The van der Waals surface area contributed by atoms with Gasteiger partial charge in [-0.15, -0.1) is 0 Å². The number of carbonyl (C=O) groups is 3. The van der Waals surface area contributed by atoms with Crippen molar-refractivity contribution in [1.29, 1.82) is 0 Å². The number of likely N-dealkylation sites (tertiary alicyclic amines) is 1. The zero-order valence-electron chi connectivity index (χ0n) is 20.0. The largest absolute Gasteiger partial charge is 0.507 e. The van der Waals surface area contributed by atoms with Crippen molar-refractivity contribution >= 4 is 29.0 Å². The Morgan fingerprint density at radius 2 is 1.62 bits per heavy atom. The Labute approximate surface area is 200 Å². The van der Waals surface area contributed by atoms with Gasteiger partial charge >= 0.3 is 0 Å². The molecule has 7 nitrogen and oxygen atoms in total. The third-order valence-corrected chi connectivity index (χ3v) is 6.58. The summed E-state index contributed by atoms with van der Waals surface area (Å²) in [7, 11) is 3.86. The van der Waals surface area contributed by atoms with Gasteiger partial charge in [-0.1, -0.05) is 61.9 Å². The summed E-state index contributed by atoms with van der Waals surface area (Å²) in [4.78, 5) is 46.2. The van der Waals surface area contributed by atoms with E-state index in [1.165, 1.54) is 4.90 Å². The van der Waals surface area contributed by atoms with E-state index in [1.807, 2.05) is 38.1 Å². The molecule has 0 saturated carbocycles. The zero-order chi connectivity index (χ0) is 24.5. The number of anilines is 1. The molecule has 2 aliphatic rings. The number of hydrogen-bond acceptors (Lipinski definition) is 5. The minimum atomic E-state index is -1.68. The summed E-state index contributed by atoms with van der Waals surface area (Å²) in [5, 5.41) is 11.4. The van der Waals surface area contributed by atoms with Gasteiger partial charge in [-0.3, -0.25) is 14.4 Å². The molecule has 1 atom stereocenters. The molecule has 2 amide bonds. The van der Waals surface area contributed by atoms with E-state index in [0.29, 0.717) is 36.3 Å². The van der Waals surface area contributed by atoms with Crippen LogP contribution in [0, 0.1) is 0 Å². The van der Waals surface area contributed by atoms with Crippen LogP contribution < -0.4 is 4.90 Å². The van der Waals surface area contributed by atoms with Gasteiger partial charge in [0.15, 0.2) is 5.54 Å². The molecular weight excluding hydrogens is 430 g/mol. The van der Waals surface area contributed by atoms with Gasteiger partial charge in [-0.05, 0) is 39.5 Å². The van der Waals surface area contributed by atoms with Crippen LogP contribution in [0.15, 0.2) is 60.2 Å². The lowest BCUT2D eigenvalue weighted by atomic mass is 9.82. The quantitative estimate of drug-likeness (QED) is 0.370. The molecule has 7 heteroatoms. The standard InChI is InChI=1S/C27H31N3O4/c1-4-5-17-29-21-15-10-9-14-20(21)27(26(29)34)22(23(31)19-12-7-6-8-13-19)24(32)25(33)30(27)18-11-16-28(2)3/h6-10,12-15,31H,4-5,11,16-18H2,1-3H3/t27-/m0/s1. The number of para-hydroxylation sites is 1. The van der Waals surface area contributed by atoms with Crippen molar-refractivity contribution in [3.63, 3.8) is 0 Å². The molecule has 0 aliphatic carbocycles. The SMILES string of the molecule is CCCCN1C(=O)[C@@]2(C(=C(O)c3ccccc3)C(=O)C(=O)N2CCCN(C)C)c2ccccc21. The fourth-order valence-electron chi connectivity index (χ4n) is 4.99. The van der Waals surface area contributed by atoms with Crippen LogP contribution in [0.25, 0.3) is 5.76 Å². The second-order valence-electron chi connectivity index (χ2n) is 9.07. The Morgan fingerprint density at radius 1 is 0.941 bits per heavy atom. The lowest BCUT2D eigenvalue weighted by Crippen LogP contribution is -2.52. The van der Waals surface area contributed by atoms with E-state index >= 15 is 0 Å². The molecule has 1 fully saturated rings. The topological polar surface area (TPSA) is 81.2 Å². The molecule has 178 valence electrons. The van der Waals surface area contributed by atoms with Crippen molar-refractivity contribution in [3.05, 3.63) is 71.3 Å². The Bertz CT molecular complexity index is 1140. The van der Waals surface area contributed by atoms with Crippen molar-refractivity contribution in [2.24, 2.45) is 0 Å². The molecule has 0 bridgehead atoms. The summed E-state index contributed by atoms with van der Waals surface area (Å²) in [6.45, 7) is 3.43. The minimum Gasteiger partial charge on any atom is -0.507 e. The predicted octanol–water partition coefficient (Wildman–Crippen LogP) is 3.36. The van der Waals surface area contributed by atoms with Crippen LogP contribution in [0.3, 0.4) is 0 Å². The highest BCUT2D eigenvalue weighted by Crippen LogP contribution is 2.53. The van der Waals surface area contributed by atoms with Crippen LogP contribution in [0.5, 0.6) is 0 Å². The maximum absolute atomic E-state index is 14.3. The van der Waals surface area contributed by atoms with Crippen molar-refractivity contribution in [1.82, 2.24) is 9.80 Å². The number of unbranched alkanes of at least 4 members (excludes halogenated alkanes) is 1. The summed E-state index contributed by atoms with van der Waals surface area (Å²) in [5.41, 5.74) is -0.183. The third kappa shape index (κ3) is 3.60. The molecule has 1 spiro atoms. The van der Waals surface area contributed by atoms with E-state index in [-0.39, 0.29) is 23.8 Å². The first-order chi connectivity index (χ1) is 16.4. The van der Waals surface area contributed by atoms with E-state index in [2.05, 4.69) is 0 Å². The van der Waals surface area contributed by atoms with Gasteiger partial charge in [-0.25, -0.2) is 0 Å². The number of hydrogen-bond donors (Lipinski definition) is 1. The van der Waals surface area contributed by atoms with Gasteiger partial charge in [0.2, 0.25) is 0 Å². The van der Waals surface area contributed by atoms with Crippen LogP contribution in [0.1, 0.15) is 37.3 Å².